The maximum atomic E-state index is 13.6. The van der Waals surface area contributed by atoms with Crippen LogP contribution >= 0.6 is 0 Å². The topological polar surface area (TPSA) is 57.7 Å². The second-order valence-corrected chi connectivity index (χ2v) is 8.72. The van der Waals surface area contributed by atoms with E-state index >= 15 is 0 Å². The third-order valence-corrected chi connectivity index (χ3v) is 7.17. The van der Waals surface area contributed by atoms with E-state index in [1.54, 1.807) is 12.1 Å². The van der Waals surface area contributed by atoms with E-state index in [2.05, 4.69) is 4.90 Å². The first-order chi connectivity index (χ1) is 15.1. The third kappa shape index (κ3) is 2.63. The minimum Gasteiger partial charge on any atom is -0.292 e. The van der Waals surface area contributed by atoms with E-state index in [-0.39, 0.29) is 23.6 Å². The predicted octanol–water partition coefficient (Wildman–Crippen LogP) is 3.67. The van der Waals surface area contributed by atoms with Gasteiger partial charge < -0.3 is 0 Å². The van der Waals surface area contributed by atoms with Crippen LogP contribution in [0.25, 0.3) is 10.8 Å². The van der Waals surface area contributed by atoms with Gasteiger partial charge in [0.25, 0.3) is 0 Å². The lowest BCUT2D eigenvalue weighted by Crippen LogP contribution is -2.46. The van der Waals surface area contributed by atoms with Crippen molar-refractivity contribution in [3.8, 4) is 0 Å². The minimum atomic E-state index is -0.614. The lowest BCUT2D eigenvalue weighted by molar-refractivity contribution is -0.123. The van der Waals surface area contributed by atoms with Crippen molar-refractivity contribution in [3.05, 3.63) is 78.4 Å². The van der Waals surface area contributed by atoms with Gasteiger partial charge in [-0.15, -0.1) is 0 Å². The number of anilines is 1. The van der Waals surface area contributed by atoms with Crippen molar-refractivity contribution in [2.45, 2.75) is 24.9 Å². The number of Topliss-reactive ketones (excluding diaryl/α,β-unsaturated/α-hetero) is 1. The van der Waals surface area contributed by atoms with Crippen LogP contribution in [-0.4, -0.2) is 41.1 Å². The summed E-state index contributed by atoms with van der Waals surface area (Å²) in [4.78, 5) is 44.1. The maximum absolute atomic E-state index is 13.6. The zero-order valence-electron chi connectivity index (χ0n) is 17.0. The lowest BCUT2D eigenvalue weighted by atomic mass is 9.85. The number of ketones is 1. The SMILES string of the molecule is O=C(c1ccccc1)C1C2C(=O)N(c3ccc4ccccc4c3)C(=O)C2C2CCCN21. The summed E-state index contributed by atoms with van der Waals surface area (Å²) in [6.07, 6.45) is 1.80. The van der Waals surface area contributed by atoms with Crippen LogP contribution < -0.4 is 4.90 Å². The molecular weight excluding hydrogens is 388 g/mol. The highest BCUT2D eigenvalue weighted by Gasteiger charge is 2.64. The van der Waals surface area contributed by atoms with Crippen molar-refractivity contribution in [3.63, 3.8) is 0 Å². The van der Waals surface area contributed by atoms with E-state index in [0.717, 1.165) is 30.2 Å². The van der Waals surface area contributed by atoms with Crippen molar-refractivity contribution in [2.75, 3.05) is 11.4 Å². The number of imide groups is 1. The molecular formula is C26H22N2O3. The molecule has 0 spiro atoms. The number of rotatable bonds is 3. The van der Waals surface area contributed by atoms with E-state index < -0.39 is 17.9 Å². The second kappa shape index (κ2) is 6.86. The van der Waals surface area contributed by atoms with Crippen LogP contribution in [-0.2, 0) is 9.59 Å². The van der Waals surface area contributed by atoms with E-state index in [0.29, 0.717) is 11.3 Å². The minimum absolute atomic E-state index is 0.0374. The first-order valence-electron chi connectivity index (χ1n) is 10.9. The van der Waals surface area contributed by atoms with Crippen LogP contribution in [0.4, 0.5) is 5.69 Å². The summed E-state index contributed by atoms with van der Waals surface area (Å²) in [6, 6.07) is 22.1. The van der Waals surface area contributed by atoms with Gasteiger partial charge in [-0.05, 0) is 42.3 Å². The molecule has 0 saturated carbocycles. The molecule has 3 aliphatic heterocycles. The van der Waals surface area contributed by atoms with E-state index in [1.165, 1.54) is 4.90 Å². The molecule has 5 nitrogen and oxygen atoms in total. The van der Waals surface area contributed by atoms with Gasteiger partial charge in [-0.3, -0.25) is 19.3 Å². The zero-order valence-corrected chi connectivity index (χ0v) is 17.0. The third-order valence-electron chi connectivity index (χ3n) is 7.17. The molecule has 31 heavy (non-hydrogen) atoms. The smallest absolute Gasteiger partial charge is 0.239 e. The Balaban J connectivity index is 1.42. The average molecular weight is 410 g/mol. The zero-order chi connectivity index (χ0) is 21.1. The van der Waals surface area contributed by atoms with Gasteiger partial charge in [0.1, 0.15) is 0 Å². The van der Waals surface area contributed by atoms with Crippen molar-refractivity contribution < 1.29 is 14.4 Å². The van der Waals surface area contributed by atoms with E-state index in [1.807, 2.05) is 60.7 Å². The van der Waals surface area contributed by atoms with Gasteiger partial charge in [-0.1, -0.05) is 60.7 Å². The molecule has 4 unspecified atom stereocenters. The van der Waals surface area contributed by atoms with E-state index in [4.69, 9.17) is 0 Å². The molecule has 0 aromatic heterocycles. The van der Waals surface area contributed by atoms with E-state index in [9.17, 15) is 14.4 Å². The second-order valence-electron chi connectivity index (χ2n) is 8.72. The lowest BCUT2D eigenvalue weighted by Gasteiger charge is -2.27. The molecule has 4 atom stereocenters. The van der Waals surface area contributed by atoms with Crippen LogP contribution in [0.15, 0.2) is 72.8 Å². The molecule has 3 saturated heterocycles. The molecule has 154 valence electrons. The summed E-state index contributed by atoms with van der Waals surface area (Å²) in [5.74, 6) is -1.52. The standard InChI is InChI=1S/C26H22N2O3/c29-24(17-8-2-1-3-9-17)23-22-21(20-11-6-14-27(20)23)25(30)28(26(22)31)19-13-12-16-7-4-5-10-18(16)15-19/h1-5,7-10,12-13,15,20-23H,6,11,14H2. The summed E-state index contributed by atoms with van der Waals surface area (Å²) in [6.45, 7) is 0.761. The molecule has 6 rings (SSSR count). The van der Waals surface area contributed by atoms with Gasteiger partial charge in [0.15, 0.2) is 5.78 Å². The monoisotopic (exact) mass is 410 g/mol. The average Bonchev–Trinajstić information content (AvgIpc) is 3.45. The van der Waals surface area contributed by atoms with Gasteiger partial charge in [-0.2, -0.15) is 0 Å². The van der Waals surface area contributed by atoms with Gasteiger partial charge in [-0.25, -0.2) is 4.90 Å². The molecule has 3 aliphatic rings. The molecule has 3 aromatic rings. The van der Waals surface area contributed by atoms with Crippen LogP contribution in [0.5, 0.6) is 0 Å². The maximum Gasteiger partial charge on any atom is 0.239 e. The number of carbonyl (C=O) groups excluding carboxylic acids is 3. The highest BCUT2D eigenvalue weighted by Crippen LogP contribution is 2.48. The predicted molar refractivity (Wildman–Crippen MR) is 118 cm³/mol. The van der Waals surface area contributed by atoms with Crippen LogP contribution in [0, 0.1) is 11.8 Å². The largest absolute Gasteiger partial charge is 0.292 e. The Hall–Kier alpha value is -3.31. The molecule has 0 radical (unpaired) electrons. The van der Waals surface area contributed by atoms with Gasteiger partial charge >= 0.3 is 0 Å². The van der Waals surface area contributed by atoms with Crippen molar-refractivity contribution in [1.82, 2.24) is 4.90 Å². The van der Waals surface area contributed by atoms with Crippen molar-refractivity contribution >= 4 is 34.1 Å². The van der Waals surface area contributed by atoms with Crippen molar-refractivity contribution in [1.29, 1.82) is 0 Å². The normalized spacial score (nSPS) is 27.7. The Labute approximate surface area is 180 Å². The quantitative estimate of drug-likeness (QED) is 0.488. The Kier molecular flexibility index (Phi) is 4.08. The number of hydrogen-bond donors (Lipinski definition) is 0. The number of amides is 2. The molecule has 3 aromatic carbocycles. The van der Waals surface area contributed by atoms with Crippen LogP contribution in [0.1, 0.15) is 23.2 Å². The van der Waals surface area contributed by atoms with Gasteiger partial charge in [0.2, 0.25) is 11.8 Å². The number of hydrogen-bond acceptors (Lipinski definition) is 4. The summed E-state index contributed by atoms with van der Waals surface area (Å²) in [5.41, 5.74) is 1.20. The Morgan fingerprint density at radius 1 is 0.806 bits per heavy atom. The Bertz CT molecular complexity index is 1220. The first-order valence-corrected chi connectivity index (χ1v) is 10.9. The summed E-state index contributed by atoms with van der Waals surface area (Å²) in [7, 11) is 0. The van der Waals surface area contributed by atoms with Crippen LogP contribution in [0.2, 0.25) is 0 Å². The fraction of sp³-hybridized carbons (Fsp3) is 0.269. The number of fused-ring (bicyclic) bond motifs is 4. The van der Waals surface area contributed by atoms with Gasteiger partial charge in [0, 0.05) is 11.6 Å². The molecule has 0 N–H and O–H groups in total. The molecule has 0 aliphatic carbocycles. The Morgan fingerprint density at radius 3 is 2.32 bits per heavy atom. The molecule has 2 amide bonds. The molecule has 5 heteroatoms. The number of nitrogens with zero attached hydrogens (tertiary/aromatic N) is 2. The summed E-state index contributed by atoms with van der Waals surface area (Å²) in [5, 5.41) is 2.04. The number of carbonyl (C=O) groups is 3. The molecule has 3 fully saturated rings. The molecule has 3 heterocycles. The first kappa shape index (κ1) is 18.5. The highest BCUT2D eigenvalue weighted by molar-refractivity contribution is 6.25. The Morgan fingerprint density at radius 2 is 1.52 bits per heavy atom. The fourth-order valence-corrected chi connectivity index (χ4v) is 5.86. The van der Waals surface area contributed by atoms with Gasteiger partial charge in [0.05, 0.1) is 23.6 Å². The fourth-order valence-electron chi connectivity index (χ4n) is 5.86. The highest BCUT2D eigenvalue weighted by atomic mass is 16.2. The van der Waals surface area contributed by atoms with Crippen molar-refractivity contribution in [2.24, 2.45) is 11.8 Å². The van der Waals surface area contributed by atoms with Crippen LogP contribution in [0.3, 0.4) is 0 Å². The number of benzene rings is 3. The summed E-state index contributed by atoms with van der Waals surface area (Å²) >= 11 is 0. The summed E-state index contributed by atoms with van der Waals surface area (Å²) < 4.78 is 0. The molecule has 0 bridgehead atoms.